The molecule has 0 radical (unpaired) electrons. The molecule has 0 bridgehead atoms. The van der Waals surface area contributed by atoms with Crippen LogP contribution in [0.2, 0.25) is 0 Å². The Morgan fingerprint density at radius 2 is 1.91 bits per heavy atom. The first-order chi connectivity index (χ1) is 16.1. The summed E-state index contributed by atoms with van der Waals surface area (Å²) in [6.45, 7) is 1.86. The normalized spacial score (nSPS) is 18.5. The predicted molar refractivity (Wildman–Crippen MR) is 131 cm³/mol. The molecular formula is C24H29FN4O4S. The van der Waals surface area contributed by atoms with Gasteiger partial charge in [0.05, 0.1) is 30.5 Å². The number of aryl methyl sites for hydroxylation is 1. The van der Waals surface area contributed by atoms with Crippen molar-refractivity contribution < 1.29 is 23.2 Å². The molecule has 1 heterocycles. The van der Waals surface area contributed by atoms with Crippen molar-refractivity contribution in [3.05, 3.63) is 42.0 Å². The van der Waals surface area contributed by atoms with Gasteiger partial charge in [0.15, 0.2) is 0 Å². The Morgan fingerprint density at radius 1 is 1.18 bits per heavy atom. The lowest BCUT2D eigenvalue weighted by atomic mass is 9.95. The highest BCUT2D eigenvalue weighted by molar-refractivity contribution is 7.92. The molecule has 3 aromatic rings. The quantitative estimate of drug-likeness (QED) is 0.510. The summed E-state index contributed by atoms with van der Waals surface area (Å²) in [5.41, 5.74) is 2.35. The van der Waals surface area contributed by atoms with E-state index in [-0.39, 0.29) is 12.2 Å². The summed E-state index contributed by atoms with van der Waals surface area (Å²) < 4.78 is 42.4. The van der Waals surface area contributed by atoms with E-state index < -0.39 is 15.5 Å². The average Bonchev–Trinajstić information content (AvgIpc) is 2.76. The Bertz CT molecular complexity index is 1320. The minimum absolute atomic E-state index is 0.100. The van der Waals surface area contributed by atoms with Crippen LogP contribution in [0.5, 0.6) is 11.5 Å². The molecule has 0 spiro atoms. The average molecular weight is 489 g/mol. The van der Waals surface area contributed by atoms with Gasteiger partial charge in [0.25, 0.3) is 0 Å². The van der Waals surface area contributed by atoms with Crippen LogP contribution in [-0.4, -0.2) is 51.1 Å². The van der Waals surface area contributed by atoms with Crippen molar-refractivity contribution >= 4 is 37.8 Å². The molecule has 8 nitrogen and oxygen atoms in total. The van der Waals surface area contributed by atoms with E-state index in [0.717, 1.165) is 5.56 Å². The second kappa shape index (κ2) is 9.71. The Kier molecular flexibility index (Phi) is 6.90. The predicted octanol–water partition coefficient (Wildman–Crippen LogP) is 4.87. The summed E-state index contributed by atoms with van der Waals surface area (Å²) in [6, 6.07) is 6.03. The van der Waals surface area contributed by atoms with Crippen LogP contribution in [0, 0.1) is 12.7 Å². The largest absolute Gasteiger partial charge is 0.494 e. The van der Waals surface area contributed by atoms with E-state index in [0.29, 0.717) is 65.3 Å². The SMILES string of the molecule is COc1c(N=S(C)(C)=O)cc2ncnc(Nc3ccc(F)cc3O[C@H]3CC[C@H](O)CC3)c2c1C. The lowest BCUT2D eigenvalue weighted by Crippen LogP contribution is -2.26. The van der Waals surface area contributed by atoms with E-state index >= 15 is 0 Å². The third-order valence-corrected chi connectivity index (χ3v) is 6.39. The number of anilines is 2. The van der Waals surface area contributed by atoms with Gasteiger partial charge in [0, 0.05) is 39.3 Å². The number of hydrogen-bond acceptors (Lipinski definition) is 8. The first-order valence-corrected chi connectivity index (χ1v) is 13.4. The number of nitrogens with zero attached hydrogens (tertiary/aromatic N) is 3. The molecule has 0 saturated heterocycles. The number of methoxy groups -OCH3 is 1. The van der Waals surface area contributed by atoms with Gasteiger partial charge < -0.3 is 19.9 Å². The van der Waals surface area contributed by atoms with E-state index in [1.807, 2.05) is 6.92 Å². The van der Waals surface area contributed by atoms with Gasteiger partial charge in [-0.25, -0.2) is 18.6 Å². The third kappa shape index (κ3) is 5.39. The zero-order valence-corrected chi connectivity index (χ0v) is 20.5. The molecule has 0 unspecified atom stereocenters. The van der Waals surface area contributed by atoms with Gasteiger partial charge in [-0.2, -0.15) is 4.36 Å². The summed E-state index contributed by atoms with van der Waals surface area (Å²) in [7, 11) is -0.881. The van der Waals surface area contributed by atoms with Crippen LogP contribution in [0.15, 0.2) is 35.0 Å². The molecule has 1 aromatic heterocycles. The zero-order chi connectivity index (χ0) is 24.5. The number of fused-ring (bicyclic) bond motifs is 1. The summed E-state index contributed by atoms with van der Waals surface area (Å²) >= 11 is 0. The molecule has 1 aliphatic rings. The molecular weight excluding hydrogens is 459 g/mol. The summed E-state index contributed by atoms with van der Waals surface area (Å²) in [5.74, 6) is 0.951. The monoisotopic (exact) mass is 488 g/mol. The highest BCUT2D eigenvalue weighted by atomic mass is 32.2. The number of halogens is 1. The van der Waals surface area contributed by atoms with Gasteiger partial charge in [-0.3, -0.25) is 0 Å². The number of ether oxygens (including phenoxy) is 2. The molecule has 2 N–H and O–H groups in total. The number of hydrogen-bond donors (Lipinski definition) is 2. The van der Waals surface area contributed by atoms with Crippen LogP contribution in [0.4, 0.5) is 21.6 Å². The molecule has 2 aromatic carbocycles. The molecule has 10 heteroatoms. The van der Waals surface area contributed by atoms with Crippen LogP contribution in [-0.2, 0) is 9.73 Å². The molecule has 0 aliphatic heterocycles. The molecule has 1 saturated carbocycles. The minimum Gasteiger partial charge on any atom is -0.494 e. The van der Waals surface area contributed by atoms with Gasteiger partial charge in [-0.15, -0.1) is 0 Å². The fraction of sp³-hybridized carbons (Fsp3) is 0.417. The highest BCUT2D eigenvalue weighted by Crippen LogP contribution is 2.41. The molecule has 0 atom stereocenters. The second-order valence-electron chi connectivity index (χ2n) is 8.76. The lowest BCUT2D eigenvalue weighted by Gasteiger charge is -2.27. The van der Waals surface area contributed by atoms with E-state index in [9.17, 15) is 13.7 Å². The Morgan fingerprint density at radius 3 is 2.59 bits per heavy atom. The maximum atomic E-state index is 14.1. The van der Waals surface area contributed by atoms with Crippen molar-refractivity contribution in [2.45, 2.75) is 44.8 Å². The minimum atomic E-state index is -2.41. The van der Waals surface area contributed by atoms with Crippen molar-refractivity contribution in [1.82, 2.24) is 9.97 Å². The first-order valence-electron chi connectivity index (χ1n) is 11.1. The van der Waals surface area contributed by atoms with Crippen LogP contribution >= 0.6 is 0 Å². The highest BCUT2D eigenvalue weighted by Gasteiger charge is 2.23. The van der Waals surface area contributed by atoms with Gasteiger partial charge in [0.1, 0.15) is 35.1 Å². The molecule has 4 rings (SSSR count). The maximum absolute atomic E-state index is 14.1. The van der Waals surface area contributed by atoms with Crippen molar-refractivity contribution in [3.63, 3.8) is 0 Å². The van der Waals surface area contributed by atoms with Gasteiger partial charge in [-0.1, -0.05) is 0 Å². The van der Waals surface area contributed by atoms with E-state index in [1.165, 1.54) is 25.6 Å². The standard InChI is InChI=1S/C24H29FN4O4S/c1-14-22-19(12-20(23(14)32-2)29-34(3,4)31)26-13-27-24(22)28-18-10-5-15(25)11-21(18)33-17-8-6-16(30)7-9-17/h5,10-13,16-17,30H,6-9H2,1-4H3,(H,26,27,28)/t16-,17-. The lowest BCUT2D eigenvalue weighted by molar-refractivity contribution is 0.0668. The second-order valence-corrected chi connectivity index (χ2v) is 11.3. The van der Waals surface area contributed by atoms with Gasteiger partial charge in [0.2, 0.25) is 0 Å². The Balaban J connectivity index is 1.75. The van der Waals surface area contributed by atoms with Crippen LogP contribution in [0.3, 0.4) is 0 Å². The van der Waals surface area contributed by atoms with Crippen LogP contribution in [0.25, 0.3) is 10.9 Å². The zero-order valence-electron chi connectivity index (χ0n) is 19.7. The third-order valence-electron chi connectivity index (χ3n) is 5.75. The van der Waals surface area contributed by atoms with E-state index in [1.54, 1.807) is 24.6 Å². The number of aromatic nitrogens is 2. The number of aliphatic hydroxyl groups is 1. The van der Waals surface area contributed by atoms with Gasteiger partial charge >= 0.3 is 0 Å². The molecule has 0 amide bonds. The van der Waals surface area contributed by atoms with Crippen molar-refractivity contribution in [3.8, 4) is 11.5 Å². The summed E-state index contributed by atoms with van der Waals surface area (Å²) in [5, 5.41) is 13.7. The molecule has 1 aliphatic carbocycles. The summed E-state index contributed by atoms with van der Waals surface area (Å²) in [4.78, 5) is 8.79. The first kappa shape index (κ1) is 24.2. The Labute approximate surface area is 198 Å². The number of nitrogens with one attached hydrogen (secondary N) is 1. The molecule has 34 heavy (non-hydrogen) atoms. The van der Waals surface area contributed by atoms with E-state index in [4.69, 9.17) is 9.47 Å². The van der Waals surface area contributed by atoms with Crippen molar-refractivity contribution in [2.24, 2.45) is 4.36 Å². The van der Waals surface area contributed by atoms with E-state index in [2.05, 4.69) is 19.6 Å². The fourth-order valence-electron chi connectivity index (χ4n) is 4.20. The molecule has 182 valence electrons. The number of benzene rings is 2. The van der Waals surface area contributed by atoms with Crippen LogP contribution in [0.1, 0.15) is 31.2 Å². The topological polar surface area (TPSA) is 106 Å². The number of rotatable bonds is 6. The van der Waals surface area contributed by atoms with Gasteiger partial charge in [-0.05, 0) is 50.8 Å². The summed E-state index contributed by atoms with van der Waals surface area (Å²) in [6.07, 6.45) is 6.85. The maximum Gasteiger partial charge on any atom is 0.149 e. The molecule has 1 fully saturated rings. The van der Waals surface area contributed by atoms with Crippen LogP contribution < -0.4 is 14.8 Å². The fourth-order valence-corrected chi connectivity index (χ4v) is 4.81. The van der Waals surface area contributed by atoms with Crippen molar-refractivity contribution in [1.29, 1.82) is 0 Å². The smallest absolute Gasteiger partial charge is 0.149 e. The Hall–Kier alpha value is -2.98. The number of aliphatic hydroxyl groups excluding tert-OH is 1. The van der Waals surface area contributed by atoms with Crippen molar-refractivity contribution in [2.75, 3.05) is 24.9 Å².